The van der Waals surface area contributed by atoms with Gasteiger partial charge in [0.25, 0.3) is 0 Å². The highest BCUT2D eigenvalue weighted by Gasteiger charge is 2.27. The Morgan fingerprint density at radius 3 is 2.67 bits per heavy atom. The zero-order chi connectivity index (χ0) is 15.5. The Morgan fingerprint density at radius 2 is 2.05 bits per heavy atom. The first-order valence-electron chi connectivity index (χ1n) is 6.45. The van der Waals surface area contributed by atoms with Gasteiger partial charge in [-0.2, -0.15) is 10.1 Å². The predicted octanol–water partition coefficient (Wildman–Crippen LogP) is 1.10. The Balaban J connectivity index is 2.10. The van der Waals surface area contributed by atoms with Crippen molar-refractivity contribution in [2.45, 2.75) is 25.9 Å². The molecule has 7 nitrogen and oxygen atoms in total. The van der Waals surface area contributed by atoms with Crippen LogP contribution in [0.15, 0.2) is 30.3 Å². The summed E-state index contributed by atoms with van der Waals surface area (Å²) in [6.07, 6.45) is 0. The van der Waals surface area contributed by atoms with Crippen LogP contribution in [0.4, 0.5) is 0 Å². The smallest absolute Gasteiger partial charge is 0.247 e. The monoisotopic (exact) mass is 284 g/mol. The van der Waals surface area contributed by atoms with Crippen LogP contribution in [0, 0.1) is 11.3 Å². The first-order valence-corrected chi connectivity index (χ1v) is 6.45. The maximum absolute atomic E-state index is 12.1. The number of carbonyl (C=O) groups is 1. The molecule has 1 heterocycles. The van der Waals surface area contributed by atoms with E-state index in [0.717, 1.165) is 5.56 Å². The second-order valence-corrected chi connectivity index (χ2v) is 5.13. The molecule has 1 amide bonds. The molecule has 0 radical (unpaired) electrons. The summed E-state index contributed by atoms with van der Waals surface area (Å²) >= 11 is 0. The van der Waals surface area contributed by atoms with E-state index in [1.54, 1.807) is 20.9 Å². The Morgan fingerprint density at radius 1 is 1.38 bits per heavy atom. The van der Waals surface area contributed by atoms with Gasteiger partial charge in [0, 0.05) is 12.6 Å². The Hall–Kier alpha value is -2.75. The summed E-state index contributed by atoms with van der Waals surface area (Å²) in [5.41, 5.74) is -0.0400. The van der Waals surface area contributed by atoms with Gasteiger partial charge in [-0.1, -0.05) is 30.3 Å². The van der Waals surface area contributed by atoms with Gasteiger partial charge in [0.1, 0.15) is 12.1 Å². The fourth-order valence-corrected chi connectivity index (χ4v) is 1.63. The summed E-state index contributed by atoms with van der Waals surface area (Å²) in [6.45, 7) is 3.30. The zero-order valence-electron chi connectivity index (χ0n) is 12.2. The highest BCUT2D eigenvalue weighted by Crippen LogP contribution is 2.13. The summed E-state index contributed by atoms with van der Waals surface area (Å²) in [5, 5.41) is 21.0. The molecular formula is C14H16N6O. The molecule has 0 saturated heterocycles. The number of hydrogen-bond donors (Lipinski definition) is 0. The molecule has 0 unspecified atom stereocenters. The third-order valence-electron chi connectivity index (χ3n) is 3.25. The van der Waals surface area contributed by atoms with E-state index in [0.29, 0.717) is 5.82 Å². The van der Waals surface area contributed by atoms with Gasteiger partial charge in [0.05, 0.1) is 6.07 Å². The fourth-order valence-electron chi connectivity index (χ4n) is 1.63. The van der Waals surface area contributed by atoms with Gasteiger partial charge in [-0.25, -0.2) is 0 Å². The second kappa shape index (κ2) is 5.71. The highest BCUT2D eigenvalue weighted by molar-refractivity contribution is 5.76. The molecule has 0 saturated carbocycles. The van der Waals surface area contributed by atoms with Gasteiger partial charge in [-0.3, -0.25) is 4.79 Å². The second-order valence-electron chi connectivity index (χ2n) is 5.13. The number of nitriles is 1. The summed E-state index contributed by atoms with van der Waals surface area (Å²) in [7, 11) is 1.58. The lowest BCUT2D eigenvalue weighted by Gasteiger charge is -2.28. The maximum atomic E-state index is 12.1. The number of nitrogens with zero attached hydrogens (tertiary/aromatic N) is 6. The van der Waals surface area contributed by atoms with Crippen molar-refractivity contribution >= 4 is 5.91 Å². The van der Waals surface area contributed by atoms with Crippen LogP contribution in [0.5, 0.6) is 0 Å². The number of aromatic nitrogens is 4. The molecule has 1 aromatic heterocycles. The summed E-state index contributed by atoms with van der Waals surface area (Å²) in [4.78, 5) is 14.7. The number of amides is 1. The minimum atomic E-state index is -0.875. The first kappa shape index (κ1) is 14.7. The highest BCUT2D eigenvalue weighted by atomic mass is 16.2. The quantitative estimate of drug-likeness (QED) is 0.839. The molecule has 0 aliphatic rings. The van der Waals surface area contributed by atoms with E-state index >= 15 is 0 Å². The van der Waals surface area contributed by atoms with Crippen molar-refractivity contribution in [1.82, 2.24) is 25.1 Å². The van der Waals surface area contributed by atoms with E-state index in [2.05, 4.69) is 21.5 Å². The van der Waals surface area contributed by atoms with Crippen molar-refractivity contribution in [3.8, 4) is 17.5 Å². The van der Waals surface area contributed by atoms with Crippen molar-refractivity contribution in [3.63, 3.8) is 0 Å². The SMILES string of the molecule is CN(C(=O)Cn1nnc(-c2ccccc2)n1)C(C)(C)C#N. The zero-order valence-corrected chi connectivity index (χ0v) is 12.2. The van der Waals surface area contributed by atoms with Crippen LogP contribution < -0.4 is 0 Å². The molecular weight excluding hydrogens is 268 g/mol. The summed E-state index contributed by atoms with van der Waals surface area (Å²) in [6, 6.07) is 11.5. The number of rotatable bonds is 4. The van der Waals surface area contributed by atoms with Gasteiger partial charge in [0.15, 0.2) is 0 Å². The normalized spacial score (nSPS) is 11.0. The molecule has 0 aliphatic carbocycles. The summed E-state index contributed by atoms with van der Waals surface area (Å²) in [5.74, 6) is 0.212. The maximum Gasteiger partial charge on any atom is 0.247 e. The van der Waals surface area contributed by atoms with Crippen molar-refractivity contribution < 1.29 is 4.79 Å². The molecule has 1 aromatic carbocycles. The molecule has 0 bridgehead atoms. The molecule has 21 heavy (non-hydrogen) atoms. The van der Waals surface area contributed by atoms with Gasteiger partial charge in [-0.05, 0) is 19.1 Å². The van der Waals surface area contributed by atoms with Crippen LogP contribution in [-0.2, 0) is 11.3 Å². The van der Waals surface area contributed by atoms with Crippen LogP contribution in [0.2, 0.25) is 0 Å². The van der Waals surface area contributed by atoms with Gasteiger partial charge >= 0.3 is 0 Å². The number of benzene rings is 1. The average Bonchev–Trinajstić information content (AvgIpc) is 2.95. The minimum Gasteiger partial charge on any atom is -0.326 e. The van der Waals surface area contributed by atoms with Crippen molar-refractivity contribution in [1.29, 1.82) is 5.26 Å². The lowest BCUT2D eigenvalue weighted by Crippen LogP contribution is -2.45. The Bertz CT molecular complexity index is 670. The van der Waals surface area contributed by atoms with Crippen LogP contribution in [0.25, 0.3) is 11.4 Å². The Labute approximate surface area is 122 Å². The van der Waals surface area contributed by atoms with Gasteiger partial charge < -0.3 is 4.90 Å². The Kier molecular flexibility index (Phi) is 3.98. The lowest BCUT2D eigenvalue weighted by atomic mass is 10.1. The topological polar surface area (TPSA) is 87.7 Å². The molecule has 0 N–H and O–H groups in total. The average molecular weight is 284 g/mol. The van der Waals surface area contributed by atoms with Crippen LogP contribution >= 0.6 is 0 Å². The van der Waals surface area contributed by atoms with Gasteiger partial charge in [0.2, 0.25) is 11.7 Å². The molecule has 108 valence electrons. The molecule has 0 fully saturated rings. The van der Waals surface area contributed by atoms with E-state index in [4.69, 9.17) is 5.26 Å². The fraction of sp³-hybridized carbons (Fsp3) is 0.357. The largest absolute Gasteiger partial charge is 0.326 e. The molecule has 0 atom stereocenters. The lowest BCUT2D eigenvalue weighted by molar-refractivity contribution is -0.134. The molecule has 7 heteroatoms. The van der Waals surface area contributed by atoms with E-state index < -0.39 is 5.54 Å². The van der Waals surface area contributed by atoms with E-state index in [1.165, 1.54) is 9.70 Å². The van der Waals surface area contributed by atoms with Crippen LogP contribution in [0.3, 0.4) is 0 Å². The van der Waals surface area contributed by atoms with E-state index in [-0.39, 0.29) is 12.5 Å². The number of tetrazole rings is 1. The number of carbonyl (C=O) groups excluding carboxylic acids is 1. The van der Waals surface area contributed by atoms with Crippen LogP contribution in [0.1, 0.15) is 13.8 Å². The number of hydrogen-bond acceptors (Lipinski definition) is 5. The number of likely N-dealkylation sites (N-methyl/N-ethyl adjacent to an activating group) is 1. The van der Waals surface area contributed by atoms with Crippen LogP contribution in [-0.4, -0.2) is 43.6 Å². The first-order chi connectivity index (χ1) is 9.94. The van der Waals surface area contributed by atoms with E-state index in [1.807, 2.05) is 30.3 Å². The molecule has 2 aromatic rings. The van der Waals surface area contributed by atoms with E-state index in [9.17, 15) is 4.79 Å². The molecule has 0 aliphatic heterocycles. The molecule has 2 rings (SSSR count). The summed E-state index contributed by atoms with van der Waals surface area (Å²) < 4.78 is 0. The minimum absolute atomic E-state index is 0.0541. The predicted molar refractivity (Wildman–Crippen MR) is 75.7 cm³/mol. The van der Waals surface area contributed by atoms with Crippen molar-refractivity contribution in [2.24, 2.45) is 0 Å². The third-order valence-corrected chi connectivity index (χ3v) is 3.25. The third kappa shape index (κ3) is 3.23. The standard InChI is InChI=1S/C14H16N6O/c1-14(2,10-15)19(3)12(21)9-20-17-13(16-18-20)11-7-5-4-6-8-11/h4-8H,9H2,1-3H3. The van der Waals surface area contributed by atoms with Crippen molar-refractivity contribution in [2.75, 3.05) is 7.05 Å². The van der Waals surface area contributed by atoms with Crippen molar-refractivity contribution in [3.05, 3.63) is 30.3 Å². The molecule has 0 spiro atoms. The van der Waals surface area contributed by atoms with Gasteiger partial charge in [-0.15, -0.1) is 10.2 Å².